The molecule has 0 heterocycles. The molecule has 0 saturated carbocycles. The Morgan fingerprint density at radius 2 is 0.365 bits per heavy atom. The summed E-state index contributed by atoms with van der Waals surface area (Å²) >= 11 is 0. The summed E-state index contributed by atoms with van der Waals surface area (Å²) in [6.45, 7) is 44.0. The molecule has 0 radical (unpaired) electrons. The Morgan fingerprint density at radius 3 is 0.562 bits per heavy atom. The number of hydrogen-bond acceptors (Lipinski definition) is 3. The molecular weight excluding hydrogens is 1190 g/mol. The molecule has 96 heavy (non-hydrogen) atoms. The molecule has 0 N–H and O–H groups in total. The van der Waals surface area contributed by atoms with Gasteiger partial charge in [-0.1, -0.05) is 451 Å². The van der Waals surface area contributed by atoms with E-state index in [0.717, 1.165) is 17.9 Å². The summed E-state index contributed by atoms with van der Waals surface area (Å²) in [5.41, 5.74) is 5.29. The largest absolute Gasteiger partial charge is 0.457 e. The number of hydrogen-bond donors (Lipinski definition) is 0. The number of sulfone groups is 1. The molecule has 0 aromatic heterocycles. The number of fused-ring (bicyclic) bond motifs is 2. The summed E-state index contributed by atoms with van der Waals surface area (Å²) in [5.74, 6) is 1.74. The molecule has 12 rings (SSSR count). The highest BCUT2D eigenvalue weighted by Gasteiger charge is 2.15. The molecule has 0 amide bonds. The maximum Gasteiger partial charge on any atom is 0.206 e. The summed E-state index contributed by atoms with van der Waals surface area (Å²) in [4.78, 5) is 0.660. The summed E-state index contributed by atoms with van der Waals surface area (Å²) in [5, 5.41) is 5.24. The lowest BCUT2D eigenvalue weighted by molar-refractivity contribution is 0.482. The van der Waals surface area contributed by atoms with Crippen LogP contribution in [-0.4, -0.2) is 8.42 Å². The zero-order chi connectivity index (χ0) is 72.4. The fourth-order valence-corrected chi connectivity index (χ4v) is 8.71. The van der Waals surface area contributed by atoms with Gasteiger partial charge in [0.2, 0.25) is 9.84 Å². The first kappa shape index (κ1) is 98.0. The van der Waals surface area contributed by atoms with E-state index in [-0.39, 0.29) is 7.43 Å². The molecule has 0 spiro atoms. The second kappa shape index (κ2) is 74.9. The van der Waals surface area contributed by atoms with E-state index in [1.807, 2.05) is 225 Å². The number of rotatable bonds is 7. The third kappa shape index (κ3) is 45.3. The third-order valence-corrected chi connectivity index (χ3v) is 12.9. The van der Waals surface area contributed by atoms with E-state index in [9.17, 15) is 8.42 Å². The molecule has 0 atom stereocenters. The first-order valence-corrected chi connectivity index (χ1v) is 36.7. The van der Waals surface area contributed by atoms with Crippen LogP contribution in [-0.2, 0) is 16.3 Å². The molecule has 12 aromatic carbocycles. The SMILES string of the molecule is C.CC.CC.CC.CC.CC.CC.CC.CC.CC.CC.CC.O=S(=O)(c1ccccc1)c1ccccc1.c1ccc(-c2ccccc2)cc1.c1ccc(Cc2ccccc2)cc1.c1ccc(Oc2ccccc2)cc1.c1ccc2ccccc2c1.c1ccc2ccccc2c1. The molecule has 0 bridgehead atoms. The van der Waals surface area contributed by atoms with E-state index in [1.54, 1.807) is 60.7 Å². The van der Waals surface area contributed by atoms with Crippen LogP contribution in [0.25, 0.3) is 32.7 Å². The first-order chi connectivity index (χ1) is 47.0. The molecule has 4 heteroatoms. The lowest BCUT2D eigenvalue weighted by Gasteiger charge is -2.03. The highest BCUT2D eigenvalue weighted by molar-refractivity contribution is 7.91. The lowest BCUT2D eigenvalue weighted by atomic mass is 10.1. The third-order valence-electron chi connectivity index (χ3n) is 11.1. The van der Waals surface area contributed by atoms with Gasteiger partial charge < -0.3 is 4.74 Å². The lowest BCUT2D eigenvalue weighted by Crippen LogP contribution is -2.00. The molecule has 0 aliphatic heterocycles. The average Bonchev–Trinajstić information content (AvgIpc) is 0.845. The Bertz CT molecular complexity index is 3040. The Morgan fingerprint density at radius 1 is 0.208 bits per heavy atom. The van der Waals surface area contributed by atoms with Crippen molar-refractivity contribution in [1.29, 1.82) is 0 Å². The summed E-state index contributed by atoms with van der Waals surface area (Å²) in [7, 11) is -3.34. The number of para-hydroxylation sites is 2. The van der Waals surface area contributed by atoms with Crippen LogP contribution in [0.5, 0.6) is 11.5 Å². The minimum absolute atomic E-state index is 0. The van der Waals surface area contributed by atoms with Crippen molar-refractivity contribution in [3.05, 3.63) is 351 Å². The fraction of sp³-hybridized carbons (Fsp3) is 0.261. The normalized spacial score (nSPS) is 8.35. The van der Waals surface area contributed by atoms with Gasteiger partial charge in [0.1, 0.15) is 11.5 Å². The topological polar surface area (TPSA) is 43.4 Å². The van der Waals surface area contributed by atoms with Crippen LogP contribution in [0, 0.1) is 0 Å². The predicted octanol–water partition coefficient (Wildman–Crippen LogP) is 30.2. The highest BCUT2D eigenvalue weighted by atomic mass is 32.2. The van der Waals surface area contributed by atoms with Crippen molar-refractivity contribution < 1.29 is 13.2 Å². The van der Waals surface area contributed by atoms with E-state index < -0.39 is 9.84 Å². The van der Waals surface area contributed by atoms with Gasteiger partial charge in [-0.25, -0.2) is 8.42 Å². The minimum atomic E-state index is -3.34. The fourth-order valence-electron chi connectivity index (χ4n) is 7.40. The standard InChI is InChI=1S/C13H12.C12H10O2S.C12H10O.C12H10.2C10H8.11C2H6.CH4/c1-3-7-12(8-4-1)11-13-9-5-2-6-10-13;13-15(14,11-7-3-1-4-8-11)12-9-5-2-6-10-12;1-3-7-11(8-4-1)13-12-9-5-2-6-10-12;1-3-7-11(8-4-1)12-9-5-2-6-10-12;2*1-2-6-10-8-4-3-7-9(10)5-1;11*1-2;/h1-10H,11H2;1-10H;1-10H;1-10H;2*1-8H;11*1-2H3;1H4. The van der Waals surface area contributed by atoms with Crippen LogP contribution < -0.4 is 4.74 Å². The summed E-state index contributed by atoms with van der Waals surface area (Å²) in [6.07, 6.45) is 1.03. The van der Waals surface area contributed by atoms with Gasteiger partial charge >= 0.3 is 0 Å². The van der Waals surface area contributed by atoms with Gasteiger partial charge in [-0.15, -0.1) is 0 Å². The molecule has 520 valence electrons. The van der Waals surface area contributed by atoms with Gasteiger partial charge in [0, 0.05) is 0 Å². The van der Waals surface area contributed by atoms with Crippen LogP contribution in [0.3, 0.4) is 0 Å². The Labute approximate surface area is 590 Å². The molecule has 0 fully saturated rings. The van der Waals surface area contributed by atoms with Crippen molar-refractivity contribution in [2.24, 2.45) is 0 Å². The molecular formula is C92H128O3S. The van der Waals surface area contributed by atoms with Gasteiger partial charge in [-0.2, -0.15) is 0 Å². The Balaban J connectivity index is -0.000000239. The van der Waals surface area contributed by atoms with Crippen LogP contribution in [0.2, 0.25) is 0 Å². The average molecular weight is 1310 g/mol. The zero-order valence-corrected chi connectivity index (χ0v) is 63.5. The molecule has 0 aliphatic rings. The molecule has 0 unspecified atom stereocenters. The van der Waals surface area contributed by atoms with Crippen molar-refractivity contribution in [1.82, 2.24) is 0 Å². The Hall–Kier alpha value is -9.09. The van der Waals surface area contributed by atoms with E-state index in [1.165, 1.54) is 43.8 Å². The first-order valence-electron chi connectivity index (χ1n) is 35.2. The summed E-state index contributed by atoms with van der Waals surface area (Å²) in [6, 6.07) is 112. The number of ether oxygens (including phenoxy) is 1. The molecule has 3 nitrogen and oxygen atoms in total. The van der Waals surface area contributed by atoms with E-state index in [2.05, 4.69) is 206 Å². The maximum absolute atomic E-state index is 12.0. The smallest absolute Gasteiger partial charge is 0.206 e. The van der Waals surface area contributed by atoms with Crippen molar-refractivity contribution in [3.8, 4) is 22.6 Å². The Kier molecular flexibility index (Phi) is 76.5. The minimum Gasteiger partial charge on any atom is -0.457 e. The van der Waals surface area contributed by atoms with E-state index in [4.69, 9.17) is 4.74 Å². The quantitative estimate of drug-likeness (QED) is 0.160. The molecule has 12 aromatic rings. The van der Waals surface area contributed by atoms with Crippen molar-refractivity contribution in [2.45, 2.75) is 176 Å². The zero-order valence-electron chi connectivity index (χ0n) is 62.7. The molecule has 0 saturated heterocycles. The number of benzene rings is 12. The maximum atomic E-state index is 12.0. The van der Waals surface area contributed by atoms with Crippen molar-refractivity contribution in [2.75, 3.05) is 0 Å². The van der Waals surface area contributed by atoms with Crippen molar-refractivity contribution >= 4 is 31.4 Å². The van der Waals surface area contributed by atoms with Gasteiger partial charge in [-0.3, -0.25) is 0 Å². The summed E-state index contributed by atoms with van der Waals surface area (Å²) < 4.78 is 29.6. The van der Waals surface area contributed by atoms with Gasteiger partial charge in [0.25, 0.3) is 0 Å². The van der Waals surface area contributed by atoms with Gasteiger partial charge in [0.05, 0.1) is 9.79 Å². The van der Waals surface area contributed by atoms with Crippen LogP contribution >= 0.6 is 0 Å². The van der Waals surface area contributed by atoms with E-state index in [0.29, 0.717) is 9.79 Å². The van der Waals surface area contributed by atoms with Crippen molar-refractivity contribution in [3.63, 3.8) is 0 Å². The molecule has 0 aliphatic carbocycles. The van der Waals surface area contributed by atoms with Crippen LogP contribution in [0.1, 0.15) is 171 Å². The van der Waals surface area contributed by atoms with Gasteiger partial charge in [0.15, 0.2) is 0 Å². The second-order valence-corrected chi connectivity index (χ2v) is 18.4. The van der Waals surface area contributed by atoms with Gasteiger partial charge in [-0.05, 0) is 98.8 Å². The van der Waals surface area contributed by atoms with Crippen LogP contribution in [0.4, 0.5) is 0 Å². The van der Waals surface area contributed by atoms with Crippen LogP contribution in [0.15, 0.2) is 350 Å². The highest BCUT2D eigenvalue weighted by Crippen LogP contribution is 2.22. The van der Waals surface area contributed by atoms with E-state index >= 15 is 0 Å². The second-order valence-electron chi connectivity index (χ2n) is 16.4. The predicted molar refractivity (Wildman–Crippen MR) is 438 cm³/mol. The monoisotopic (exact) mass is 1310 g/mol.